The second kappa shape index (κ2) is 4.01. The van der Waals surface area contributed by atoms with Crippen molar-refractivity contribution >= 4 is 5.69 Å². The topological polar surface area (TPSA) is 78.4 Å². The highest BCUT2D eigenvalue weighted by Crippen LogP contribution is 2.26. The van der Waals surface area contributed by atoms with Gasteiger partial charge in [-0.1, -0.05) is 0 Å². The fraction of sp³-hybridized carbons (Fsp3) is 0.250. The molecule has 0 unspecified atom stereocenters. The maximum Gasteiger partial charge on any atom is 0.273 e. The average Bonchev–Trinajstić information content (AvgIpc) is 2.17. The molecule has 1 aromatic carbocycles. The Morgan fingerprint density at radius 3 is 2.71 bits per heavy atom. The van der Waals surface area contributed by atoms with Crippen molar-refractivity contribution in [2.75, 3.05) is 7.11 Å². The maximum absolute atomic E-state index is 13.3. The molecule has 0 atom stereocenters. The maximum atomic E-state index is 13.3. The first-order valence-corrected chi connectivity index (χ1v) is 3.81. The summed E-state index contributed by atoms with van der Waals surface area (Å²) in [7, 11) is 1.24. The van der Waals surface area contributed by atoms with Gasteiger partial charge in [-0.3, -0.25) is 10.1 Å². The third-order valence-corrected chi connectivity index (χ3v) is 1.75. The van der Waals surface area contributed by atoms with Gasteiger partial charge in [-0.2, -0.15) is 0 Å². The van der Waals surface area contributed by atoms with Crippen LogP contribution in [0.5, 0.6) is 5.75 Å². The van der Waals surface area contributed by atoms with E-state index in [1.807, 2.05) is 0 Å². The number of ether oxygens (including phenoxy) is 1. The van der Waals surface area contributed by atoms with E-state index in [1.165, 1.54) is 7.11 Å². The number of nitrogens with two attached hydrogens (primary N) is 1. The van der Waals surface area contributed by atoms with Crippen molar-refractivity contribution in [1.29, 1.82) is 0 Å². The zero-order valence-electron chi connectivity index (χ0n) is 7.49. The lowest BCUT2D eigenvalue weighted by atomic mass is 10.1. The van der Waals surface area contributed by atoms with Gasteiger partial charge >= 0.3 is 0 Å². The zero-order chi connectivity index (χ0) is 10.7. The minimum Gasteiger partial charge on any atom is -0.493 e. The number of hydrogen-bond donors (Lipinski definition) is 1. The fourth-order valence-corrected chi connectivity index (χ4v) is 1.04. The van der Waals surface area contributed by atoms with Gasteiger partial charge in [0.1, 0.15) is 0 Å². The highest BCUT2D eigenvalue weighted by molar-refractivity contribution is 5.44. The van der Waals surface area contributed by atoms with E-state index in [4.69, 9.17) is 5.73 Å². The number of methoxy groups -OCH3 is 1. The van der Waals surface area contributed by atoms with Crippen LogP contribution in [0.15, 0.2) is 12.1 Å². The van der Waals surface area contributed by atoms with Crippen LogP contribution in [0.25, 0.3) is 0 Å². The summed E-state index contributed by atoms with van der Waals surface area (Å²) in [5.41, 5.74) is 5.06. The Labute approximate surface area is 79.4 Å². The average molecular weight is 200 g/mol. The normalized spacial score (nSPS) is 9.93. The minimum atomic E-state index is -0.652. The molecule has 0 bridgehead atoms. The van der Waals surface area contributed by atoms with E-state index < -0.39 is 10.7 Å². The van der Waals surface area contributed by atoms with Gasteiger partial charge in [-0.25, -0.2) is 4.39 Å². The molecule has 0 aliphatic rings. The fourth-order valence-electron chi connectivity index (χ4n) is 1.04. The van der Waals surface area contributed by atoms with E-state index in [0.717, 1.165) is 12.1 Å². The summed E-state index contributed by atoms with van der Waals surface area (Å²) in [6.45, 7) is -0.107. The predicted molar refractivity (Wildman–Crippen MR) is 47.5 cm³/mol. The Kier molecular flexibility index (Phi) is 2.98. The van der Waals surface area contributed by atoms with Crippen LogP contribution in [0.1, 0.15) is 5.56 Å². The lowest BCUT2D eigenvalue weighted by molar-refractivity contribution is -0.385. The molecular weight excluding hydrogens is 191 g/mol. The molecule has 76 valence electrons. The number of non-ortho nitro benzene ring substituents is 1. The molecule has 14 heavy (non-hydrogen) atoms. The standard InChI is InChI=1S/C8H9FN2O3/c1-14-7-3-6(11(12)13)2-5(4-10)8(7)9/h2-3H,4,10H2,1H3. The smallest absolute Gasteiger partial charge is 0.273 e. The van der Waals surface area contributed by atoms with Crippen LogP contribution in [-0.4, -0.2) is 12.0 Å². The van der Waals surface area contributed by atoms with Gasteiger partial charge in [0.25, 0.3) is 5.69 Å². The second-order valence-corrected chi connectivity index (χ2v) is 2.58. The Morgan fingerprint density at radius 1 is 1.64 bits per heavy atom. The minimum absolute atomic E-state index is 0.0658. The van der Waals surface area contributed by atoms with Crippen LogP contribution in [0.4, 0.5) is 10.1 Å². The summed E-state index contributed by atoms with van der Waals surface area (Å²) in [5, 5.41) is 10.4. The zero-order valence-corrected chi connectivity index (χ0v) is 7.49. The summed E-state index contributed by atoms with van der Waals surface area (Å²) in [4.78, 5) is 9.81. The number of nitro benzene ring substituents is 1. The molecule has 0 amide bonds. The first-order valence-electron chi connectivity index (χ1n) is 3.81. The molecule has 0 radical (unpaired) electrons. The number of halogens is 1. The first kappa shape index (κ1) is 10.4. The van der Waals surface area contributed by atoms with Crippen molar-refractivity contribution in [1.82, 2.24) is 0 Å². The molecule has 0 aromatic heterocycles. The molecular formula is C8H9FN2O3. The van der Waals surface area contributed by atoms with E-state index in [1.54, 1.807) is 0 Å². The number of rotatable bonds is 3. The number of nitro groups is 1. The molecule has 0 saturated carbocycles. The SMILES string of the molecule is COc1cc([N+](=O)[O-])cc(CN)c1F. The van der Waals surface area contributed by atoms with Crippen molar-refractivity contribution < 1.29 is 14.1 Å². The van der Waals surface area contributed by atoms with Crippen LogP contribution in [-0.2, 0) is 6.54 Å². The van der Waals surface area contributed by atoms with Gasteiger partial charge in [0.2, 0.25) is 0 Å². The quantitative estimate of drug-likeness (QED) is 0.587. The monoisotopic (exact) mass is 200 g/mol. The first-order chi connectivity index (χ1) is 6.60. The molecule has 0 heterocycles. The molecule has 0 saturated heterocycles. The Balaban J connectivity index is 3.32. The summed E-state index contributed by atoms with van der Waals surface area (Å²) in [6, 6.07) is 2.12. The Hall–Kier alpha value is -1.69. The van der Waals surface area contributed by atoms with E-state index in [2.05, 4.69) is 4.74 Å². The van der Waals surface area contributed by atoms with Crippen LogP contribution in [0, 0.1) is 15.9 Å². The number of nitrogens with zero attached hydrogens (tertiary/aromatic N) is 1. The largest absolute Gasteiger partial charge is 0.493 e. The second-order valence-electron chi connectivity index (χ2n) is 2.58. The van der Waals surface area contributed by atoms with Gasteiger partial charge in [-0.15, -0.1) is 0 Å². The van der Waals surface area contributed by atoms with Crippen LogP contribution >= 0.6 is 0 Å². The lowest BCUT2D eigenvalue weighted by Crippen LogP contribution is -2.03. The van der Waals surface area contributed by atoms with Crippen molar-refractivity contribution in [2.24, 2.45) is 5.73 Å². The van der Waals surface area contributed by atoms with Gasteiger partial charge in [0, 0.05) is 18.2 Å². The van der Waals surface area contributed by atoms with Gasteiger partial charge in [-0.05, 0) is 0 Å². The van der Waals surface area contributed by atoms with E-state index in [9.17, 15) is 14.5 Å². The highest BCUT2D eigenvalue weighted by Gasteiger charge is 2.15. The summed E-state index contributed by atoms with van der Waals surface area (Å²) >= 11 is 0. The van der Waals surface area contributed by atoms with E-state index >= 15 is 0 Å². The molecule has 0 aliphatic heterocycles. The molecule has 5 nitrogen and oxygen atoms in total. The van der Waals surface area contributed by atoms with Crippen molar-refractivity contribution in [3.63, 3.8) is 0 Å². The van der Waals surface area contributed by atoms with Gasteiger partial charge in [0.15, 0.2) is 11.6 Å². The van der Waals surface area contributed by atoms with Crippen molar-refractivity contribution in [3.05, 3.63) is 33.6 Å². The van der Waals surface area contributed by atoms with Crippen LogP contribution < -0.4 is 10.5 Å². The Bertz CT molecular complexity index is 343. The van der Waals surface area contributed by atoms with E-state index in [-0.39, 0.29) is 23.5 Å². The highest BCUT2D eigenvalue weighted by atomic mass is 19.1. The molecule has 2 N–H and O–H groups in total. The molecule has 0 aliphatic carbocycles. The van der Waals surface area contributed by atoms with Crippen molar-refractivity contribution in [2.45, 2.75) is 6.54 Å². The molecule has 0 spiro atoms. The summed E-state index contributed by atoms with van der Waals surface area (Å²) in [5.74, 6) is -0.819. The summed E-state index contributed by atoms with van der Waals surface area (Å²) in [6.07, 6.45) is 0. The third-order valence-electron chi connectivity index (χ3n) is 1.75. The van der Waals surface area contributed by atoms with Crippen molar-refractivity contribution in [3.8, 4) is 5.75 Å². The third kappa shape index (κ3) is 1.80. The predicted octanol–water partition coefficient (Wildman–Crippen LogP) is 1.20. The lowest BCUT2D eigenvalue weighted by Gasteiger charge is -2.05. The van der Waals surface area contributed by atoms with E-state index in [0.29, 0.717) is 0 Å². The molecule has 1 rings (SSSR count). The van der Waals surface area contributed by atoms with Crippen LogP contribution in [0.2, 0.25) is 0 Å². The van der Waals surface area contributed by atoms with Gasteiger partial charge in [0.05, 0.1) is 18.1 Å². The molecule has 6 heteroatoms. The van der Waals surface area contributed by atoms with Crippen LogP contribution in [0.3, 0.4) is 0 Å². The molecule has 1 aromatic rings. The Morgan fingerprint density at radius 2 is 2.29 bits per heavy atom. The number of hydrogen-bond acceptors (Lipinski definition) is 4. The molecule has 0 fully saturated rings. The summed E-state index contributed by atoms with van der Waals surface area (Å²) < 4.78 is 17.9. The number of benzene rings is 1. The van der Waals surface area contributed by atoms with Gasteiger partial charge < -0.3 is 10.5 Å².